The minimum atomic E-state index is -0.374. The third-order valence-corrected chi connectivity index (χ3v) is 5.73. The van der Waals surface area contributed by atoms with Gasteiger partial charge in [-0.15, -0.1) is 0 Å². The van der Waals surface area contributed by atoms with Crippen LogP contribution in [0, 0.1) is 18.7 Å². The maximum Gasteiger partial charge on any atom is 0.254 e. The first-order valence-electron chi connectivity index (χ1n) is 10.3. The molecule has 1 heterocycles. The van der Waals surface area contributed by atoms with Gasteiger partial charge >= 0.3 is 0 Å². The van der Waals surface area contributed by atoms with Gasteiger partial charge < -0.3 is 10.2 Å². The number of rotatable bonds is 5. The van der Waals surface area contributed by atoms with Crippen molar-refractivity contribution in [1.82, 2.24) is 10.2 Å². The van der Waals surface area contributed by atoms with Crippen molar-refractivity contribution in [3.63, 3.8) is 0 Å². The van der Waals surface area contributed by atoms with Crippen molar-refractivity contribution >= 4 is 11.8 Å². The van der Waals surface area contributed by atoms with E-state index in [1.165, 1.54) is 24.3 Å². The Balaban J connectivity index is 1.88. The number of hydrogen-bond donors (Lipinski definition) is 1. The molecule has 1 N–H and O–H groups in total. The zero-order valence-corrected chi connectivity index (χ0v) is 17.3. The lowest BCUT2D eigenvalue weighted by Crippen LogP contribution is -2.48. The SMILES string of the molecule is CC[C@H](C)NC(=O)[C@@H]1CC[C@H](c2cccc(C)c2)N(C(=O)c2ccc(F)cc2)C1. The maximum absolute atomic E-state index is 13.3. The average Bonchev–Trinajstić information content (AvgIpc) is 2.73. The highest BCUT2D eigenvalue weighted by Crippen LogP contribution is 2.35. The normalized spacial score (nSPS) is 20.2. The van der Waals surface area contributed by atoms with E-state index in [0.29, 0.717) is 12.1 Å². The first kappa shape index (κ1) is 21.0. The monoisotopic (exact) mass is 396 g/mol. The van der Waals surface area contributed by atoms with Gasteiger partial charge in [0.25, 0.3) is 5.91 Å². The van der Waals surface area contributed by atoms with E-state index in [2.05, 4.69) is 11.4 Å². The maximum atomic E-state index is 13.3. The van der Waals surface area contributed by atoms with Gasteiger partial charge in [-0.3, -0.25) is 9.59 Å². The summed E-state index contributed by atoms with van der Waals surface area (Å²) in [5.41, 5.74) is 2.64. The molecule has 0 saturated carbocycles. The molecule has 4 nitrogen and oxygen atoms in total. The van der Waals surface area contributed by atoms with Gasteiger partial charge in [0.1, 0.15) is 5.82 Å². The number of nitrogens with one attached hydrogen (secondary N) is 1. The molecule has 1 saturated heterocycles. The molecule has 29 heavy (non-hydrogen) atoms. The van der Waals surface area contributed by atoms with Crippen molar-refractivity contribution in [2.75, 3.05) is 6.54 Å². The topological polar surface area (TPSA) is 49.4 Å². The summed E-state index contributed by atoms with van der Waals surface area (Å²) < 4.78 is 13.3. The van der Waals surface area contributed by atoms with E-state index in [1.54, 1.807) is 4.90 Å². The second kappa shape index (κ2) is 9.21. The van der Waals surface area contributed by atoms with Crippen molar-refractivity contribution in [3.8, 4) is 0 Å². The number of amides is 2. The zero-order valence-electron chi connectivity index (χ0n) is 17.3. The molecule has 3 rings (SSSR count). The van der Waals surface area contributed by atoms with Crippen LogP contribution in [0.25, 0.3) is 0 Å². The number of aryl methyl sites for hydroxylation is 1. The van der Waals surface area contributed by atoms with Gasteiger partial charge in [0, 0.05) is 18.2 Å². The number of hydrogen-bond acceptors (Lipinski definition) is 2. The number of benzene rings is 2. The van der Waals surface area contributed by atoms with E-state index in [-0.39, 0.29) is 35.6 Å². The number of carbonyl (C=O) groups is 2. The Hall–Kier alpha value is -2.69. The molecule has 154 valence electrons. The van der Waals surface area contributed by atoms with Crippen LogP contribution < -0.4 is 5.32 Å². The highest BCUT2D eigenvalue weighted by molar-refractivity contribution is 5.95. The highest BCUT2D eigenvalue weighted by atomic mass is 19.1. The van der Waals surface area contributed by atoms with Crippen molar-refractivity contribution in [1.29, 1.82) is 0 Å². The van der Waals surface area contributed by atoms with Crippen LogP contribution in [0.5, 0.6) is 0 Å². The number of carbonyl (C=O) groups excluding carboxylic acids is 2. The van der Waals surface area contributed by atoms with Crippen LogP contribution in [-0.2, 0) is 4.79 Å². The molecule has 2 aromatic carbocycles. The Bertz CT molecular complexity index is 865. The molecular formula is C24H29FN2O2. The number of halogens is 1. The molecule has 2 amide bonds. The van der Waals surface area contributed by atoms with Gasteiger partial charge in [-0.2, -0.15) is 0 Å². The van der Waals surface area contributed by atoms with Crippen molar-refractivity contribution in [2.24, 2.45) is 5.92 Å². The van der Waals surface area contributed by atoms with Gasteiger partial charge in [0.15, 0.2) is 0 Å². The van der Waals surface area contributed by atoms with Crippen molar-refractivity contribution in [3.05, 3.63) is 71.0 Å². The second-order valence-corrected chi connectivity index (χ2v) is 7.99. The van der Waals surface area contributed by atoms with Crippen LogP contribution in [0.15, 0.2) is 48.5 Å². The van der Waals surface area contributed by atoms with E-state index < -0.39 is 0 Å². The van der Waals surface area contributed by atoms with Crippen LogP contribution in [0.1, 0.15) is 60.6 Å². The molecule has 2 aromatic rings. The summed E-state index contributed by atoms with van der Waals surface area (Å²) in [5.74, 6) is -0.785. The van der Waals surface area contributed by atoms with Gasteiger partial charge in [-0.1, -0.05) is 36.8 Å². The van der Waals surface area contributed by atoms with Gasteiger partial charge in [-0.25, -0.2) is 4.39 Å². The molecular weight excluding hydrogens is 367 g/mol. The highest BCUT2D eigenvalue weighted by Gasteiger charge is 2.36. The Kier molecular flexibility index (Phi) is 6.68. The largest absolute Gasteiger partial charge is 0.353 e. The van der Waals surface area contributed by atoms with E-state index in [4.69, 9.17) is 0 Å². The lowest BCUT2D eigenvalue weighted by molar-refractivity contribution is -0.127. The third kappa shape index (κ3) is 5.03. The van der Waals surface area contributed by atoms with Gasteiger partial charge in [0.05, 0.1) is 12.0 Å². The molecule has 3 atom stereocenters. The average molecular weight is 397 g/mol. The van der Waals surface area contributed by atoms with Gasteiger partial charge in [0.2, 0.25) is 5.91 Å². The molecule has 1 fully saturated rings. The Labute approximate surface area is 172 Å². The molecule has 1 aliphatic heterocycles. The number of likely N-dealkylation sites (tertiary alicyclic amines) is 1. The van der Waals surface area contributed by atoms with E-state index in [9.17, 15) is 14.0 Å². The lowest BCUT2D eigenvalue weighted by Gasteiger charge is -2.40. The Morgan fingerprint density at radius 1 is 1.17 bits per heavy atom. The third-order valence-electron chi connectivity index (χ3n) is 5.73. The molecule has 1 aliphatic rings. The minimum absolute atomic E-state index is 0.000974. The zero-order chi connectivity index (χ0) is 21.0. The summed E-state index contributed by atoms with van der Waals surface area (Å²) in [5, 5.41) is 3.04. The number of piperidine rings is 1. The Morgan fingerprint density at radius 2 is 1.90 bits per heavy atom. The fraction of sp³-hybridized carbons (Fsp3) is 0.417. The number of nitrogens with zero attached hydrogens (tertiary/aromatic N) is 1. The molecule has 0 bridgehead atoms. The molecule has 0 aromatic heterocycles. The first-order valence-corrected chi connectivity index (χ1v) is 10.3. The summed E-state index contributed by atoms with van der Waals surface area (Å²) in [6.07, 6.45) is 2.31. The van der Waals surface area contributed by atoms with Crippen LogP contribution in [0.3, 0.4) is 0 Å². The second-order valence-electron chi connectivity index (χ2n) is 7.99. The predicted octanol–water partition coefficient (Wildman–Crippen LogP) is 4.64. The van der Waals surface area contributed by atoms with E-state index in [0.717, 1.165) is 30.4 Å². The van der Waals surface area contributed by atoms with E-state index in [1.807, 2.05) is 39.0 Å². The quantitative estimate of drug-likeness (QED) is 0.800. The summed E-state index contributed by atoms with van der Waals surface area (Å²) in [4.78, 5) is 27.8. The predicted molar refractivity (Wildman–Crippen MR) is 112 cm³/mol. The minimum Gasteiger partial charge on any atom is -0.353 e. The van der Waals surface area contributed by atoms with E-state index >= 15 is 0 Å². The molecule has 0 aliphatic carbocycles. The summed E-state index contributed by atoms with van der Waals surface area (Å²) >= 11 is 0. The fourth-order valence-electron chi connectivity index (χ4n) is 3.85. The van der Waals surface area contributed by atoms with Crippen LogP contribution in [-0.4, -0.2) is 29.3 Å². The smallest absolute Gasteiger partial charge is 0.254 e. The fourth-order valence-corrected chi connectivity index (χ4v) is 3.85. The van der Waals surface area contributed by atoms with Crippen molar-refractivity contribution in [2.45, 2.75) is 52.1 Å². The van der Waals surface area contributed by atoms with Crippen LogP contribution in [0.2, 0.25) is 0 Å². The van der Waals surface area contributed by atoms with Crippen LogP contribution >= 0.6 is 0 Å². The lowest BCUT2D eigenvalue weighted by atomic mass is 9.87. The Morgan fingerprint density at radius 3 is 2.55 bits per heavy atom. The first-order chi connectivity index (χ1) is 13.9. The molecule has 5 heteroatoms. The summed E-state index contributed by atoms with van der Waals surface area (Å²) in [6, 6.07) is 13.8. The molecule has 0 unspecified atom stereocenters. The summed E-state index contributed by atoms with van der Waals surface area (Å²) in [7, 11) is 0. The van der Waals surface area contributed by atoms with Crippen LogP contribution in [0.4, 0.5) is 4.39 Å². The van der Waals surface area contributed by atoms with Crippen molar-refractivity contribution < 1.29 is 14.0 Å². The standard InChI is InChI=1S/C24H29FN2O2/c1-4-17(3)26-23(28)20-10-13-22(19-7-5-6-16(2)14-19)27(15-20)24(29)18-8-11-21(25)12-9-18/h5-9,11-12,14,17,20,22H,4,10,13,15H2,1-3H3,(H,26,28)/t17-,20+,22+/m0/s1. The van der Waals surface area contributed by atoms with Gasteiger partial charge in [-0.05, 0) is 62.9 Å². The summed E-state index contributed by atoms with van der Waals surface area (Å²) in [6.45, 7) is 6.40. The molecule has 0 spiro atoms. The molecule has 0 radical (unpaired) electrons.